The summed E-state index contributed by atoms with van der Waals surface area (Å²) in [4.78, 5) is 29.2. The average molecular weight is 271 g/mol. The minimum Gasteiger partial charge on any atom is -0.480 e. The van der Waals surface area contributed by atoms with Crippen molar-refractivity contribution in [2.24, 2.45) is 0 Å². The van der Waals surface area contributed by atoms with Crippen molar-refractivity contribution in [3.63, 3.8) is 0 Å². The molecule has 1 heterocycles. The summed E-state index contributed by atoms with van der Waals surface area (Å²) in [6.07, 6.45) is 0.356. The number of anilines is 1. The monoisotopic (exact) mass is 271 g/mol. The van der Waals surface area contributed by atoms with E-state index in [2.05, 4.69) is 10.3 Å². The minimum absolute atomic E-state index is 0.356. The third kappa shape index (κ3) is 3.19. The van der Waals surface area contributed by atoms with Gasteiger partial charge in [-0.3, -0.25) is 5.32 Å². The maximum absolute atomic E-state index is 11.9. The molecule has 1 unspecified atom stereocenters. The van der Waals surface area contributed by atoms with Crippen LogP contribution in [-0.4, -0.2) is 40.1 Å². The third-order valence-corrected chi connectivity index (χ3v) is 3.69. The first-order valence-corrected chi connectivity index (χ1v) is 6.39. The Morgan fingerprint density at radius 2 is 2.11 bits per heavy atom. The molecule has 0 spiro atoms. The van der Waals surface area contributed by atoms with E-state index in [4.69, 9.17) is 5.11 Å². The summed E-state index contributed by atoms with van der Waals surface area (Å²) < 4.78 is 0. The maximum Gasteiger partial charge on any atom is 0.326 e. The molecule has 0 aliphatic carbocycles. The second-order valence-corrected chi connectivity index (χ2v) is 5.17. The molecule has 0 bridgehead atoms. The first kappa shape index (κ1) is 14.4. The molecule has 18 heavy (non-hydrogen) atoms. The highest BCUT2D eigenvalue weighted by Gasteiger charge is 2.25. The van der Waals surface area contributed by atoms with Gasteiger partial charge in [-0.2, -0.15) is 0 Å². The molecule has 0 aliphatic rings. The summed E-state index contributed by atoms with van der Waals surface area (Å²) in [5.74, 6) is -1.01. The van der Waals surface area contributed by atoms with Crippen molar-refractivity contribution in [1.29, 1.82) is 0 Å². The van der Waals surface area contributed by atoms with Crippen molar-refractivity contribution < 1.29 is 14.7 Å². The number of carboxylic acid groups (broad SMARTS) is 1. The molecule has 0 radical (unpaired) electrons. The molecule has 0 saturated heterocycles. The Morgan fingerprint density at radius 3 is 2.50 bits per heavy atom. The van der Waals surface area contributed by atoms with Crippen molar-refractivity contribution in [2.75, 3.05) is 12.4 Å². The van der Waals surface area contributed by atoms with Gasteiger partial charge in [0.05, 0.1) is 5.69 Å². The van der Waals surface area contributed by atoms with E-state index < -0.39 is 18.0 Å². The molecule has 7 heteroatoms. The van der Waals surface area contributed by atoms with E-state index in [-0.39, 0.29) is 0 Å². The molecule has 0 saturated carbocycles. The summed E-state index contributed by atoms with van der Waals surface area (Å²) in [6.45, 7) is 5.50. The highest BCUT2D eigenvalue weighted by atomic mass is 32.1. The molecule has 1 rings (SSSR count). The van der Waals surface area contributed by atoms with Crippen LogP contribution < -0.4 is 5.32 Å². The van der Waals surface area contributed by atoms with Crippen molar-refractivity contribution >= 4 is 28.5 Å². The number of hydrogen-bond donors (Lipinski definition) is 2. The average Bonchev–Trinajstić information content (AvgIpc) is 2.58. The van der Waals surface area contributed by atoms with E-state index in [1.54, 1.807) is 6.92 Å². The summed E-state index contributed by atoms with van der Waals surface area (Å²) in [7, 11) is 1.46. The van der Waals surface area contributed by atoms with E-state index >= 15 is 0 Å². The highest BCUT2D eigenvalue weighted by Crippen LogP contribution is 2.21. The Morgan fingerprint density at radius 1 is 1.50 bits per heavy atom. The maximum atomic E-state index is 11.9. The number of carboxylic acids is 1. The number of urea groups is 1. The number of nitrogens with one attached hydrogen (secondary N) is 1. The zero-order valence-electron chi connectivity index (χ0n) is 10.9. The van der Waals surface area contributed by atoms with Crippen molar-refractivity contribution in [2.45, 2.75) is 33.2 Å². The number of rotatable bonds is 4. The number of amides is 2. The molecule has 1 atom stereocenters. The minimum atomic E-state index is -1.01. The zero-order valence-corrected chi connectivity index (χ0v) is 11.7. The normalized spacial score (nSPS) is 12.0. The number of carbonyl (C=O) groups excluding carboxylic acids is 1. The smallest absolute Gasteiger partial charge is 0.326 e. The molecule has 1 aromatic heterocycles. The lowest BCUT2D eigenvalue weighted by Crippen LogP contribution is -2.44. The van der Waals surface area contributed by atoms with E-state index in [0.717, 1.165) is 10.6 Å². The van der Waals surface area contributed by atoms with Crippen LogP contribution in [0.4, 0.5) is 9.93 Å². The number of aromatic nitrogens is 1. The molecule has 0 aliphatic heterocycles. The summed E-state index contributed by atoms with van der Waals surface area (Å²) in [5, 5.41) is 12.1. The third-order valence-electron chi connectivity index (χ3n) is 2.70. The molecular weight excluding hydrogens is 254 g/mol. The van der Waals surface area contributed by atoms with Crippen LogP contribution in [0.1, 0.15) is 23.9 Å². The Kier molecular flexibility index (Phi) is 4.66. The number of carbonyl (C=O) groups is 2. The highest BCUT2D eigenvalue weighted by molar-refractivity contribution is 7.15. The second kappa shape index (κ2) is 5.81. The van der Waals surface area contributed by atoms with Crippen LogP contribution in [0.5, 0.6) is 0 Å². The van der Waals surface area contributed by atoms with Gasteiger partial charge in [-0.25, -0.2) is 14.6 Å². The van der Waals surface area contributed by atoms with E-state index in [1.807, 2.05) is 13.8 Å². The van der Waals surface area contributed by atoms with Gasteiger partial charge in [-0.1, -0.05) is 6.92 Å². The molecule has 0 aromatic carbocycles. The molecule has 1 aromatic rings. The van der Waals surface area contributed by atoms with Gasteiger partial charge in [-0.15, -0.1) is 11.3 Å². The lowest BCUT2D eigenvalue weighted by atomic mass is 10.2. The van der Waals surface area contributed by atoms with Gasteiger partial charge in [0.1, 0.15) is 6.04 Å². The van der Waals surface area contributed by atoms with E-state index in [0.29, 0.717) is 11.6 Å². The molecule has 2 amide bonds. The van der Waals surface area contributed by atoms with E-state index in [9.17, 15) is 9.59 Å². The van der Waals surface area contributed by atoms with Crippen LogP contribution in [0.3, 0.4) is 0 Å². The summed E-state index contributed by atoms with van der Waals surface area (Å²) in [6, 6.07) is -1.29. The molecule has 2 N–H and O–H groups in total. The number of nitrogens with zero attached hydrogens (tertiary/aromatic N) is 2. The topological polar surface area (TPSA) is 82.5 Å². The first-order valence-electron chi connectivity index (χ1n) is 5.57. The van der Waals surface area contributed by atoms with Crippen molar-refractivity contribution in [3.05, 3.63) is 10.6 Å². The fraction of sp³-hybridized carbons (Fsp3) is 0.545. The summed E-state index contributed by atoms with van der Waals surface area (Å²) >= 11 is 1.37. The lowest BCUT2D eigenvalue weighted by molar-refractivity contribution is -0.141. The Labute approximate surface area is 110 Å². The largest absolute Gasteiger partial charge is 0.480 e. The van der Waals surface area contributed by atoms with Crippen LogP contribution in [0.25, 0.3) is 0 Å². The van der Waals surface area contributed by atoms with Crippen LogP contribution in [0.15, 0.2) is 0 Å². The predicted octanol–water partition coefficient (Wildman–Crippen LogP) is 2.09. The van der Waals surface area contributed by atoms with Gasteiger partial charge >= 0.3 is 12.0 Å². The van der Waals surface area contributed by atoms with Gasteiger partial charge in [0.15, 0.2) is 5.13 Å². The fourth-order valence-corrected chi connectivity index (χ4v) is 2.27. The number of aliphatic carboxylic acids is 1. The predicted molar refractivity (Wildman–Crippen MR) is 70.1 cm³/mol. The lowest BCUT2D eigenvalue weighted by Gasteiger charge is -2.23. The standard InChI is InChI=1S/C11H17N3O3S/c1-5-8(9(15)16)14(4)11(17)13-10-12-6(2)7(3)18-10/h8H,5H2,1-4H3,(H,15,16)(H,12,13,17). The quantitative estimate of drug-likeness (QED) is 0.878. The Hall–Kier alpha value is -1.63. The van der Waals surface area contributed by atoms with Crippen LogP contribution in [0.2, 0.25) is 0 Å². The zero-order chi connectivity index (χ0) is 13.9. The van der Waals surface area contributed by atoms with Gasteiger partial charge in [0.2, 0.25) is 0 Å². The number of likely N-dealkylation sites (N-methyl/N-ethyl adjacent to an activating group) is 1. The SMILES string of the molecule is CCC(C(=O)O)N(C)C(=O)Nc1nc(C)c(C)s1. The van der Waals surface area contributed by atoms with Gasteiger partial charge in [0, 0.05) is 11.9 Å². The van der Waals surface area contributed by atoms with E-state index in [1.165, 1.54) is 23.3 Å². The van der Waals surface area contributed by atoms with Crippen LogP contribution in [-0.2, 0) is 4.79 Å². The van der Waals surface area contributed by atoms with Crippen molar-refractivity contribution in [1.82, 2.24) is 9.88 Å². The van der Waals surface area contributed by atoms with Crippen LogP contribution >= 0.6 is 11.3 Å². The fourth-order valence-electron chi connectivity index (χ4n) is 1.46. The van der Waals surface area contributed by atoms with Crippen LogP contribution in [0, 0.1) is 13.8 Å². The second-order valence-electron chi connectivity index (χ2n) is 3.96. The Balaban J connectivity index is 2.73. The molecule has 0 fully saturated rings. The number of hydrogen-bond acceptors (Lipinski definition) is 4. The van der Waals surface area contributed by atoms with Gasteiger partial charge in [0.25, 0.3) is 0 Å². The first-order chi connectivity index (χ1) is 8.36. The molecular formula is C11H17N3O3S. The number of thiazole rings is 1. The van der Waals surface area contributed by atoms with Gasteiger partial charge in [-0.05, 0) is 20.3 Å². The Bertz CT molecular complexity index is 439. The molecule has 100 valence electrons. The van der Waals surface area contributed by atoms with Crippen molar-refractivity contribution in [3.8, 4) is 0 Å². The molecule has 6 nitrogen and oxygen atoms in total. The summed E-state index contributed by atoms with van der Waals surface area (Å²) in [5.41, 5.74) is 0.864. The van der Waals surface area contributed by atoms with Gasteiger partial charge < -0.3 is 10.0 Å². The number of aryl methyl sites for hydroxylation is 2.